The van der Waals surface area contributed by atoms with Crippen LogP contribution in [0.3, 0.4) is 0 Å². The highest BCUT2D eigenvalue weighted by Crippen LogP contribution is 2.23. The normalized spacial score (nSPS) is 11.0. The van der Waals surface area contributed by atoms with Gasteiger partial charge in [0, 0.05) is 17.5 Å². The number of halogens is 1. The first-order valence-corrected chi connectivity index (χ1v) is 7.68. The van der Waals surface area contributed by atoms with Crippen molar-refractivity contribution in [1.82, 2.24) is 0 Å². The van der Waals surface area contributed by atoms with Crippen LogP contribution in [-0.2, 0) is 16.0 Å². The average molecular weight is 345 g/mol. The van der Waals surface area contributed by atoms with Gasteiger partial charge in [-0.05, 0) is 25.1 Å². The summed E-state index contributed by atoms with van der Waals surface area (Å²) in [7, 11) is 1.45. The molecular weight excluding hydrogens is 328 g/mol. The highest BCUT2D eigenvalue weighted by atomic mass is 35.5. The molecule has 0 fully saturated rings. The first kappa shape index (κ1) is 17.8. The highest BCUT2D eigenvalue weighted by Gasteiger charge is 2.16. The summed E-state index contributed by atoms with van der Waals surface area (Å²) in [5.41, 5.74) is 1.38. The van der Waals surface area contributed by atoms with Crippen molar-refractivity contribution < 1.29 is 19.1 Å². The predicted molar refractivity (Wildman–Crippen MR) is 92.3 cm³/mol. The molecule has 0 saturated carbocycles. The number of hydrogen-bond acceptors (Lipinski definition) is 4. The van der Waals surface area contributed by atoms with E-state index in [2.05, 4.69) is 0 Å². The molecule has 0 N–H and O–H groups in total. The molecule has 2 aromatic carbocycles. The van der Waals surface area contributed by atoms with Crippen molar-refractivity contribution >= 4 is 23.4 Å². The van der Waals surface area contributed by atoms with E-state index >= 15 is 0 Å². The van der Waals surface area contributed by atoms with Crippen molar-refractivity contribution in [3.63, 3.8) is 0 Å². The Hall–Kier alpha value is -2.59. The second kappa shape index (κ2) is 8.31. The number of benzene rings is 2. The van der Waals surface area contributed by atoms with Gasteiger partial charge in [0.05, 0.1) is 24.0 Å². The van der Waals surface area contributed by atoms with Gasteiger partial charge in [-0.15, -0.1) is 0 Å². The Morgan fingerprint density at radius 2 is 1.75 bits per heavy atom. The number of ether oxygens (including phenoxy) is 2. The van der Waals surface area contributed by atoms with Crippen molar-refractivity contribution in [3.05, 3.63) is 76.5 Å². The zero-order valence-corrected chi connectivity index (χ0v) is 14.2. The van der Waals surface area contributed by atoms with Crippen molar-refractivity contribution in [3.8, 4) is 5.75 Å². The maximum absolute atomic E-state index is 12.5. The molecule has 0 aliphatic carbocycles. The summed E-state index contributed by atoms with van der Waals surface area (Å²) in [6.45, 7) is 1.59. The number of esters is 1. The van der Waals surface area contributed by atoms with E-state index in [0.717, 1.165) is 0 Å². The fourth-order valence-corrected chi connectivity index (χ4v) is 2.35. The molecule has 0 amide bonds. The Bertz CT molecular complexity index is 780. The van der Waals surface area contributed by atoms with Crippen molar-refractivity contribution in [1.29, 1.82) is 0 Å². The Morgan fingerprint density at radius 3 is 2.46 bits per heavy atom. The molecule has 0 aliphatic heterocycles. The molecule has 0 radical (unpaired) electrons. The van der Waals surface area contributed by atoms with E-state index in [4.69, 9.17) is 21.1 Å². The number of methoxy groups -OCH3 is 1. The smallest absolute Gasteiger partial charge is 0.342 e. The number of carbonyl (C=O) groups excluding carboxylic acids is 2. The van der Waals surface area contributed by atoms with Gasteiger partial charge in [0.2, 0.25) is 0 Å². The number of Topliss-reactive ketones (excluding diaryl/α,β-unsaturated/α-hetero) is 1. The molecule has 5 heteroatoms. The summed E-state index contributed by atoms with van der Waals surface area (Å²) >= 11 is 6.06. The Kier molecular flexibility index (Phi) is 6.15. The van der Waals surface area contributed by atoms with E-state index in [9.17, 15) is 9.59 Å². The van der Waals surface area contributed by atoms with Crippen LogP contribution in [0.2, 0.25) is 5.02 Å². The number of para-hydroxylation sites is 1. The van der Waals surface area contributed by atoms with Crippen LogP contribution in [0.4, 0.5) is 0 Å². The van der Waals surface area contributed by atoms with E-state index in [-0.39, 0.29) is 12.2 Å². The first-order valence-electron chi connectivity index (χ1n) is 7.30. The third-order valence-electron chi connectivity index (χ3n) is 3.32. The Morgan fingerprint density at radius 1 is 1.08 bits per heavy atom. The lowest BCUT2D eigenvalue weighted by Gasteiger charge is -2.10. The molecular formula is C19H17ClO4. The minimum atomic E-state index is -0.533. The molecule has 0 spiro atoms. The standard InChI is InChI=1S/C19H17ClO4/c1-13(12-23-2)19(22)24-18-10-6-3-7-14(18)11-17(21)15-8-4-5-9-16(15)20/h3-10,12H,11H2,1-2H3. The maximum atomic E-state index is 12.5. The SMILES string of the molecule is COC=C(C)C(=O)Oc1ccccc1CC(=O)c1ccccc1Cl. The summed E-state index contributed by atoms with van der Waals surface area (Å²) < 4.78 is 10.2. The summed E-state index contributed by atoms with van der Waals surface area (Å²) in [6, 6.07) is 13.8. The fraction of sp³-hybridized carbons (Fsp3) is 0.158. The highest BCUT2D eigenvalue weighted by molar-refractivity contribution is 6.34. The number of ketones is 1. The topological polar surface area (TPSA) is 52.6 Å². The molecule has 0 aliphatic rings. The first-order chi connectivity index (χ1) is 11.5. The van der Waals surface area contributed by atoms with Crippen LogP contribution < -0.4 is 4.74 Å². The van der Waals surface area contributed by atoms with Gasteiger partial charge >= 0.3 is 5.97 Å². The molecule has 0 atom stereocenters. The lowest BCUT2D eigenvalue weighted by Crippen LogP contribution is -2.12. The minimum Gasteiger partial charge on any atom is -0.504 e. The van der Waals surface area contributed by atoms with Gasteiger partial charge in [-0.2, -0.15) is 0 Å². The average Bonchev–Trinajstić information content (AvgIpc) is 2.57. The summed E-state index contributed by atoms with van der Waals surface area (Å²) in [6.07, 6.45) is 1.39. The lowest BCUT2D eigenvalue weighted by molar-refractivity contribution is -0.130. The van der Waals surface area contributed by atoms with Crippen molar-refractivity contribution in [2.45, 2.75) is 13.3 Å². The third kappa shape index (κ3) is 4.46. The number of rotatable bonds is 6. The number of hydrogen-bond donors (Lipinski definition) is 0. The van der Waals surface area contributed by atoms with Crippen LogP contribution >= 0.6 is 11.6 Å². The van der Waals surface area contributed by atoms with Gasteiger partial charge in [-0.1, -0.05) is 41.9 Å². The van der Waals surface area contributed by atoms with Crippen LogP contribution in [0.5, 0.6) is 5.75 Å². The molecule has 2 aromatic rings. The van der Waals surface area contributed by atoms with E-state index in [1.807, 2.05) is 0 Å². The zero-order valence-electron chi connectivity index (χ0n) is 13.4. The van der Waals surface area contributed by atoms with Crippen molar-refractivity contribution in [2.24, 2.45) is 0 Å². The molecule has 0 aromatic heterocycles. The molecule has 0 unspecified atom stereocenters. The van der Waals surface area contributed by atoms with Gasteiger partial charge in [0.1, 0.15) is 5.75 Å². The number of carbonyl (C=O) groups is 2. The van der Waals surface area contributed by atoms with Gasteiger partial charge in [0.25, 0.3) is 0 Å². The molecule has 124 valence electrons. The van der Waals surface area contributed by atoms with E-state index < -0.39 is 5.97 Å². The van der Waals surface area contributed by atoms with Crippen molar-refractivity contribution in [2.75, 3.05) is 7.11 Å². The van der Waals surface area contributed by atoms with E-state index in [0.29, 0.717) is 27.5 Å². The molecule has 4 nitrogen and oxygen atoms in total. The fourth-order valence-electron chi connectivity index (χ4n) is 2.11. The molecule has 24 heavy (non-hydrogen) atoms. The van der Waals surface area contributed by atoms with E-state index in [1.54, 1.807) is 55.5 Å². The van der Waals surface area contributed by atoms with E-state index in [1.165, 1.54) is 13.4 Å². The third-order valence-corrected chi connectivity index (χ3v) is 3.65. The van der Waals surface area contributed by atoms with Crippen LogP contribution in [-0.4, -0.2) is 18.9 Å². The molecule has 0 saturated heterocycles. The largest absolute Gasteiger partial charge is 0.504 e. The summed E-state index contributed by atoms with van der Waals surface area (Å²) in [5, 5.41) is 0.399. The van der Waals surface area contributed by atoms with Crippen LogP contribution in [0.25, 0.3) is 0 Å². The van der Waals surface area contributed by atoms with Gasteiger partial charge in [-0.3, -0.25) is 4.79 Å². The van der Waals surface area contributed by atoms with Gasteiger partial charge in [0.15, 0.2) is 5.78 Å². The molecule has 0 heterocycles. The zero-order chi connectivity index (χ0) is 17.5. The predicted octanol–water partition coefficient (Wildman–Crippen LogP) is 4.22. The maximum Gasteiger partial charge on any atom is 0.342 e. The second-order valence-corrected chi connectivity index (χ2v) is 5.52. The minimum absolute atomic E-state index is 0.0836. The second-order valence-electron chi connectivity index (χ2n) is 5.11. The monoisotopic (exact) mass is 344 g/mol. The molecule has 2 rings (SSSR count). The summed E-state index contributed by atoms with van der Waals surface area (Å²) in [4.78, 5) is 24.4. The summed E-state index contributed by atoms with van der Waals surface area (Å²) in [5.74, 6) is -0.338. The lowest BCUT2D eigenvalue weighted by atomic mass is 10.0. The Labute approximate surface area is 145 Å². The van der Waals surface area contributed by atoms with Crippen LogP contribution in [0.1, 0.15) is 22.8 Å². The van der Waals surface area contributed by atoms with Crippen LogP contribution in [0, 0.1) is 0 Å². The van der Waals surface area contributed by atoms with Gasteiger partial charge in [-0.25, -0.2) is 4.79 Å². The Balaban J connectivity index is 2.20. The quantitative estimate of drug-likeness (QED) is 0.259. The molecule has 0 bridgehead atoms. The van der Waals surface area contributed by atoms with Crippen LogP contribution in [0.15, 0.2) is 60.4 Å². The van der Waals surface area contributed by atoms with Gasteiger partial charge < -0.3 is 9.47 Å².